The highest BCUT2D eigenvalue weighted by atomic mass is 16.2. The van der Waals surface area contributed by atoms with Gasteiger partial charge in [0.25, 0.3) is 5.91 Å². The van der Waals surface area contributed by atoms with E-state index in [0.717, 1.165) is 23.6 Å². The molecular formula is C22H21N5O. The van der Waals surface area contributed by atoms with E-state index in [2.05, 4.69) is 50.4 Å². The average Bonchev–Trinajstić information content (AvgIpc) is 3.40. The Kier molecular flexibility index (Phi) is 3.79. The molecule has 6 nitrogen and oxygen atoms in total. The van der Waals surface area contributed by atoms with Gasteiger partial charge in [0.2, 0.25) is 0 Å². The largest absolute Gasteiger partial charge is 0.352 e. The van der Waals surface area contributed by atoms with Gasteiger partial charge in [0, 0.05) is 38.2 Å². The van der Waals surface area contributed by atoms with Crippen LogP contribution < -0.4 is 4.90 Å². The number of nitrogens with zero attached hydrogens (tertiary/aromatic N) is 5. The second-order valence-corrected chi connectivity index (χ2v) is 7.23. The summed E-state index contributed by atoms with van der Waals surface area (Å²) in [6.45, 7) is 5.95. The maximum atomic E-state index is 13.0. The van der Waals surface area contributed by atoms with Crippen LogP contribution >= 0.6 is 0 Å². The number of hydrogen-bond acceptors (Lipinski definition) is 4. The Bertz CT molecular complexity index is 1040. The molecule has 1 atom stereocenters. The lowest BCUT2D eigenvalue weighted by Gasteiger charge is -2.46. The first-order valence-electron chi connectivity index (χ1n) is 9.47. The van der Waals surface area contributed by atoms with Crippen molar-refractivity contribution in [1.82, 2.24) is 19.4 Å². The molecule has 0 aliphatic carbocycles. The molecule has 2 aliphatic heterocycles. The molecule has 1 amide bonds. The minimum atomic E-state index is -0.307. The number of carbonyl (C=O) groups excluding carboxylic acids is 1. The first kappa shape index (κ1) is 16.7. The number of pyridine rings is 2. The van der Waals surface area contributed by atoms with E-state index in [-0.39, 0.29) is 11.4 Å². The van der Waals surface area contributed by atoms with Crippen molar-refractivity contribution in [3.05, 3.63) is 85.1 Å². The minimum absolute atomic E-state index is 0.0221. The lowest BCUT2D eigenvalue weighted by atomic mass is 9.89. The molecule has 3 aromatic heterocycles. The summed E-state index contributed by atoms with van der Waals surface area (Å²) in [4.78, 5) is 26.2. The van der Waals surface area contributed by atoms with Crippen molar-refractivity contribution in [3.63, 3.8) is 0 Å². The van der Waals surface area contributed by atoms with Crippen LogP contribution in [0, 0.1) is 0 Å². The highest BCUT2D eigenvalue weighted by Crippen LogP contribution is 2.46. The topological polar surface area (TPSA) is 54.3 Å². The molecule has 0 N–H and O–H groups in total. The molecule has 6 heteroatoms. The lowest BCUT2D eigenvalue weighted by molar-refractivity contribution is 0.0776. The smallest absolute Gasteiger partial charge is 0.272 e. The minimum Gasteiger partial charge on any atom is -0.352 e. The zero-order valence-electron chi connectivity index (χ0n) is 15.5. The van der Waals surface area contributed by atoms with Crippen LogP contribution in [0.5, 0.6) is 0 Å². The molecule has 1 saturated heterocycles. The van der Waals surface area contributed by atoms with Crippen molar-refractivity contribution in [2.45, 2.75) is 12.0 Å². The molecular weight excluding hydrogens is 350 g/mol. The quantitative estimate of drug-likeness (QED) is 0.664. The van der Waals surface area contributed by atoms with Gasteiger partial charge in [-0.05, 0) is 42.8 Å². The van der Waals surface area contributed by atoms with Crippen LogP contribution in [-0.4, -0.2) is 45.0 Å². The summed E-state index contributed by atoms with van der Waals surface area (Å²) in [7, 11) is 0. The Balaban J connectivity index is 1.59. The predicted octanol–water partition coefficient (Wildman–Crippen LogP) is 3.01. The van der Waals surface area contributed by atoms with Gasteiger partial charge in [-0.2, -0.15) is 0 Å². The summed E-state index contributed by atoms with van der Waals surface area (Å²) in [5, 5.41) is 0. The van der Waals surface area contributed by atoms with Crippen LogP contribution in [0.1, 0.15) is 22.6 Å². The van der Waals surface area contributed by atoms with E-state index < -0.39 is 0 Å². The van der Waals surface area contributed by atoms with Gasteiger partial charge in [-0.3, -0.25) is 9.78 Å². The predicted molar refractivity (Wildman–Crippen MR) is 108 cm³/mol. The second kappa shape index (κ2) is 6.34. The second-order valence-electron chi connectivity index (χ2n) is 7.23. The summed E-state index contributed by atoms with van der Waals surface area (Å²) in [6.07, 6.45) is 8.30. The van der Waals surface area contributed by atoms with E-state index in [1.165, 1.54) is 0 Å². The molecule has 0 unspecified atom stereocenters. The SMILES string of the molecule is C=CCN1c2cccnc2-n2cccc2[C@@]12CCN(C(=O)c1ccccn1)C2. The number of fused-ring (bicyclic) bond motifs is 4. The zero-order chi connectivity index (χ0) is 19.1. The molecule has 1 spiro atoms. The number of rotatable bonds is 3. The lowest BCUT2D eigenvalue weighted by Crippen LogP contribution is -2.52. The monoisotopic (exact) mass is 371 g/mol. The van der Waals surface area contributed by atoms with E-state index in [0.29, 0.717) is 25.3 Å². The number of hydrogen-bond donors (Lipinski definition) is 0. The van der Waals surface area contributed by atoms with Gasteiger partial charge in [-0.1, -0.05) is 12.1 Å². The van der Waals surface area contributed by atoms with Gasteiger partial charge in [0.1, 0.15) is 11.2 Å². The van der Waals surface area contributed by atoms with Gasteiger partial charge in [0.05, 0.1) is 11.4 Å². The molecule has 28 heavy (non-hydrogen) atoms. The normalized spacial score (nSPS) is 20.1. The Hall–Kier alpha value is -3.41. The first-order chi connectivity index (χ1) is 13.7. The Morgan fingerprint density at radius 3 is 2.86 bits per heavy atom. The van der Waals surface area contributed by atoms with Crippen molar-refractivity contribution < 1.29 is 4.79 Å². The van der Waals surface area contributed by atoms with Gasteiger partial charge in [0.15, 0.2) is 5.82 Å². The van der Waals surface area contributed by atoms with E-state index in [9.17, 15) is 4.79 Å². The van der Waals surface area contributed by atoms with Crippen LogP contribution in [0.3, 0.4) is 0 Å². The Morgan fingerprint density at radius 1 is 1.14 bits per heavy atom. The van der Waals surface area contributed by atoms with Crippen molar-refractivity contribution in [2.24, 2.45) is 0 Å². The van der Waals surface area contributed by atoms with E-state index >= 15 is 0 Å². The van der Waals surface area contributed by atoms with Crippen LogP contribution in [0.2, 0.25) is 0 Å². The van der Waals surface area contributed by atoms with E-state index in [4.69, 9.17) is 0 Å². The van der Waals surface area contributed by atoms with Gasteiger partial charge >= 0.3 is 0 Å². The molecule has 0 bridgehead atoms. The number of aromatic nitrogens is 3. The van der Waals surface area contributed by atoms with Gasteiger partial charge in [-0.25, -0.2) is 4.98 Å². The molecule has 2 aliphatic rings. The fraction of sp³-hybridized carbons (Fsp3) is 0.227. The van der Waals surface area contributed by atoms with Crippen molar-refractivity contribution in [3.8, 4) is 5.82 Å². The molecule has 140 valence electrons. The fourth-order valence-corrected chi connectivity index (χ4v) is 4.55. The van der Waals surface area contributed by atoms with Crippen molar-refractivity contribution >= 4 is 11.6 Å². The summed E-state index contributed by atoms with van der Waals surface area (Å²) in [6, 6.07) is 13.7. The number of amides is 1. The summed E-state index contributed by atoms with van der Waals surface area (Å²) < 4.78 is 2.16. The fourth-order valence-electron chi connectivity index (χ4n) is 4.55. The van der Waals surface area contributed by atoms with E-state index in [1.54, 1.807) is 12.3 Å². The maximum Gasteiger partial charge on any atom is 0.272 e. The Morgan fingerprint density at radius 2 is 2.04 bits per heavy atom. The summed E-state index contributed by atoms with van der Waals surface area (Å²) >= 11 is 0. The standard InChI is InChI=1S/C22H21N5O/c1-2-13-27-18-8-5-12-24-20(18)26-14-6-9-19(26)22(27)10-15-25(16-22)21(28)17-7-3-4-11-23-17/h2-9,11-12,14H,1,10,13,15-16H2/t22-/m0/s1. The number of anilines is 1. The van der Waals surface area contributed by atoms with Crippen LogP contribution in [0.15, 0.2) is 73.7 Å². The van der Waals surface area contributed by atoms with E-state index in [1.807, 2.05) is 35.4 Å². The van der Waals surface area contributed by atoms with Gasteiger partial charge in [-0.15, -0.1) is 6.58 Å². The van der Waals surface area contributed by atoms with Crippen molar-refractivity contribution in [2.75, 3.05) is 24.5 Å². The molecule has 0 saturated carbocycles. The molecule has 5 heterocycles. The summed E-state index contributed by atoms with van der Waals surface area (Å²) in [5.74, 6) is 0.899. The third-order valence-electron chi connectivity index (χ3n) is 5.76. The van der Waals surface area contributed by atoms with Crippen molar-refractivity contribution in [1.29, 1.82) is 0 Å². The zero-order valence-corrected chi connectivity index (χ0v) is 15.5. The Labute approximate surface area is 163 Å². The number of likely N-dealkylation sites (tertiary alicyclic amines) is 1. The highest BCUT2D eigenvalue weighted by molar-refractivity contribution is 5.92. The first-order valence-corrected chi connectivity index (χ1v) is 9.47. The molecule has 5 rings (SSSR count). The van der Waals surface area contributed by atoms with Crippen LogP contribution in [0.25, 0.3) is 5.82 Å². The molecule has 3 aromatic rings. The molecule has 0 radical (unpaired) electrons. The molecule has 1 fully saturated rings. The number of carbonyl (C=O) groups is 1. The van der Waals surface area contributed by atoms with Crippen LogP contribution in [-0.2, 0) is 5.54 Å². The summed E-state index contributed by atoms with van der Waals surface area (Å²) in [5.41, 5.74) is 2.41. The average molecular weight is 371 g/mol. The van der Waals surface area contributed by atoms with Crippen LogP contribution in [0.4, 0.5) is 5.69 Å². The van der Waals surface area contributed by atoms with Gasteiger partial charge < -0.3 is 14.4 Å². The third-order valence-corrected chi connectivity index (χ3v) is 5.76. The molecule has 0 aromatic carbocycles. The maximum absolute atomic E-state index is 13.0. The highest BCUT2D eigenvalue weighted by Gasteiger charge is 2.50. The third kappa shape index (κ3) is 2.30.